The van der Waals surface area contributed by atoms with Gasteiger partial charge >= 0.3 is 0 Å². The first kappa shape index (κ1) is 5.00. The van der Waals surface area contributed by atoms with E-state index in [9.17, 15) is 4.39 Å². The highest BCUT2D eigenvalue weighted by Gasteiger charge is 2.40. The van der Waals surface area contributed by atoms with Crippen LogP contribution in [0.5, 0.6) is 0 Å². The van der Waals surface area contributed by atoms with E-state index in [2.05, 4.69) is 0 Å². The van der Waals surface area contributed by atoms with Gasteiger partial charge in [0.1, 0.15) is 6.17 Å². The van der Waals surface area contributed by atoms with Crippen LogP contribution in [0.1, 0.15) is 12.8 Å². The third kappa shape index (κ3) is 0.894. The molecule has 0 aromatic carbocycles. The van der Waals surface area contributed by atoms with E-state index in [4.69, 9.17) is 10.2 Å². The molecule has 2 N–H and O–H groups in total. The minimum Gasteiger partial charge on any atom is -0.365 e. The van der Waals surface area contributed by atoms with Crippen LogP contribution >= 0.6 is 0 Å². The van der Waals surface area contributed by atoms with Gasteiger partial charge in [-0.15, -0.1) is 0 Å². The molecule has 0 aliphatic heterocycles. The molecule has 1 saturated carbocycles. The fraction of sp³-hybridized carbons (Fsp3) is 1.00. The SMILES string of the molecule is OC1(O)CC(F)C1. The Morgan fingerprint density at radius 2 is 1.86 bits per heavy atom. The Labute approximate surface area is 40.6 Å². The van der Waals surface area contributed by atoms with Crippen LogP contribution in [0.15, 0.2) is 0 Å². The van der Waals surface area contributed by atoms with E-state index < -0.39 is 12.0 Å². The minimum atomic E-state index is -1.68. The van der Waals surface area contributed by atoms with E-state index in [1.165, 1.54) is 0 Å². The van der Waals surface area contributed by atoms with Gasteiger partial charge in [-0.2, -0.15) is 0 Å². The monoisotopic (exact) mass is 106 g/mol. The first-order chi connectivity index (χ1) is 3.10. The number of halogens is 1. The zero-order valence-electron chi connectivity index (χ0n) is 3.76. The highest BCUT2D eigenvalue weighted by Crippen LogP contribution is 2.31. The number of hydrogen-bond donors (Lipinski definition) is 2. The lowest BCUT2D eigenvalue weighted by atomic mass is 9.90. The molecule has 1 rings (SSSR count). The lowest BCUT2D eigenvalue weighted by molar-refractivity contribution is -0.236. The van der Waals surface area contributed by atoms with E-state index in [0.29, 0.717) is 0 Å². The van der Waals surface area contributed by atoms with Crippen LogP contribution in [0, 0.1) is 0 Å². The van der Waals surface area contributed by atoms with Gasteiger partial charge in [-0.1, -0.05) is 0 Å². The summed E-state index contributed by atoms with van der Waals surface area (Å²) in [5.41, 5.74) is 0. The Bertz CT molecular complexity index is 73.8. The summed E-state index contributed by atoms with van der Waals surface area (Å²) in [6.45, 7) is 0. The molecule has 0 radical (unpaired) electrons. The number of aliphatic hydroxyl groups is 2. The number of hydrogen-bond acceptors (Lipinski definition) is 2. The Balaban J connectivity index is 2.29. The zero-order chi connectivity index (χ0) is 5.49. The van der Waals surface area contributed by atoms with Crippen molar-refractivity contribution in [1.29, 1.82) is 0 Å². The standard InChI is InChI=1S/C4H7FO2/c5-3-1-4(6,7)2-3/h3,6-7H,1-2H2. The van der Waals surface area contributed by atoms with Crippen molar-refractivity contribution in [2.45, 2.75) is 24.8 Å². The van der Waals surface area contributed by atoms with Gasteiger partial charge < -0.3 is 10.2 Å². The maximum atomic E-state index is 11.7. The van der Waals surface area contributed by atoms with Crippen molar-refractivity contribution in [3.63, 3.8) is 0 Å². The molecule has 42 valence electrons. The summed E-state index contributed by atoms with van der Waals surface area (Å²) in [4.78, 5) is 0. The normalized spacial score (nSPS) is 29.6. The van der Waals surface area contributed by atoms with Crippen LogP contribution in [0.3, 0.4) is 0 Å². The van der Waals surface area contributed by atoms with Crippen LogP contribution in [0.4, 0.5) is 4.39 Å². The van der Waals surface area contributed by atoms with E-state index >= 15 is 0 Å². The Morgan fingerprint density at radius 3 is 1.86 bits per heavy atom. The van der Waals surface area contributed by atoms with Crippen molar-refractivity contribution < 1.29 is 14.6 Å². The minimum absolute atomic E-state index is 0.118. The molecule has 0 saturated heterocycles. The predicted molar refractivity (Wildman–Crippen MR) is 21.3 cm³/mol. The molecule has 0 unspecified atom stereocenters. The highest BCUT2D eigenvalue weighted by atomic mass is 19.1. The second-order valence-electron chi connectivity index (χ2n) is 1.99. The summed E-state index contributed by atoms with van der Waals surface area (Å²) < 4.78 is 11.7. The molecule has 1 fully saturated rings. The van der Waals surface area contributed by atoms with Gasteiger partial charge in [0.25, 0.3) is 0 Å². The fourth-order valence-corrected chi connectivity index (χ4v) is 0.650. The smallest absolute Gasteiger partial charge is 0.168 e. The van der Waals surface area contributed by atoms with Crippen LogP contribution in [0.25, 0.3) is 0 Å². The molecular weight excluding hydrogens is 99.0 g/mol. The zero-order valence-corrected chi connectivity index (χ0v) is 3.76. The van der Waals surface area contributed by atoms with Crippen molar-refractivity contribution in [3.8, 4) is 0 Å². The maximum Gasteiger partial charge on any atom is 0.168 e. The van der Waals surface area contributed by atoms with Crippen LogP contribution in [0.2, 0.25) is 0 Å². The molecule has 3 heteroatoms. The number of alkyl halides is 1. The third-order valence-electron chi connectivity index (χ3n) is 1.10. The largest absolute Gasteiger partial charge is 0.365 e. The first-order valence-electron chi connectivity index (χ1n) is 2.19. The fourth-order valence-electron chi connectivity index (χ4n) is 0.650. The maximum absolute atomic E-state index is 11.7. The van der Waals surface area contributed by atoms with Gasteiger partial charge in [0.15, 0.2) is 5.79 Å². The summed E-state index contributed by atoms with van der Waals surface area (Å²) >= 11 is 0. The molecule has 1 aliphatic rings. The van der Waals surface area contributed by atoms with Crippen LogP contribution in [-0.2, 0) is 0 Å². The van der Waals surface area contributed by atoms with Crippen molar-refractivity contribution in [3.05, 3.63) is 0 Å². The van der Waals surface area contributed by atoms with E-state index in [0.717, 1.165) is 0 Å². The second-order valence-corrected chi connectivity index (χ2v) is 1.99. The summed E-state index contributed by atoms with van der Waals surface area (Å²) in [5, 5.41) is 16.8. The average Bonchev–Trinajstić information content (AvgIpc) is 1.27. The van der Waals surface area contributed by atoms with E-state index in [1.54, 1.807) is 0 Å². The summed E-state index contributed by atoms with van der Waals surface area (Å²) in [6.07, 6.45) is -1.23. The molecule has 0 heterocycles. The van der Waals surface area contributed by atoms with Gasteiger partial charge in [0, 0.05) is 12.8 Å². The quantitative estimate of drug-likeness (QED) is 0.420. The van der Waals surface area contributed by atoms with Crippen molar-refractivity contribution in [1.82, 2.24) is 0 Å². The Kier molecular flexibility index (Phi) is 0.834. The van der Waals surface area contributed by atoms with Crippen molar-refractivity contribution in [2.24, 2.45) is 0 Å². The third-order valence-corrected chi connectivity index (χ3v) is 1.10. The van der Waals surface area contributed by atoms with Gasteiger partial charge in [-0.3, -0.25) is 0 Å². The predicted octanol–water partition coefficient (Wildman–Crippen LogP) is -0.201. The van der Waals surface area contributed by atoms with E-state index in [1.807, 2.05) is 0 Å². The molecule has 0 aromatic heterocycles. The molecule has 0 bridgehead atoms. The Hall–Kier alpha value is -0.150. The first-order valence-corrected chi connectivity index (χ1v) is 2.19. The molecule has 0 amide bonds. The summed E-state index contributed by atoms with van der Waals surface area (Å²) in [5.74, 6) is -1.68. The molecular formula is C4H7FO2. The van der Waals surface area contributed by atoms with E-state index in [-0.39, 0.29) is 12.8 Å². The highest BCUT2D eigenvalue weighted by molar-refractivity contribution is 4.84. The van der Waals surface area contributed by atoms with Crippen molar-refractivity contribution in [2.75, 3.05) is 0 Å². The molecule has 1 aliphatic carbocycles. The summed E-state index contributed by atoms with van der Waals surface area (Å²) in [6, 6.07) is 0. The Morgan fingerprint density at radius 1 is 1.43 bits per heavy atom. The van der Waals surface area contributed by atoms with Crippen molar-refractivity contribution >= 4 is 0 Å². The molecule has 0 spiro atoms. The van der Waals surface area contributed by atoms with Crippen LogP contribution < -0.4 is 0 Å². The number of rotatable bonds is 0. The lowest BCUT2D eigenvalue weighted by Crippen LogP contribution is -2.44. The van der Waals surface area contributed by atoms with Crippen LogP contribution in [-0.4, -0.2) is 22.2 Å². The van der Waals surface area contributed by atoms with Gasteiger partial charge in [0.2, 0.25) is 0 Å². The summed E-state index contributed by atoms with van der Waals surface area (Å²) in [7, 11) is 0. The average molecular weight is 106 g/mol. The molecule has 2 nitrogen and oxygen atoms in total. The van der Waals surface area contributed by atoms with Gasteiger partial charge in [-0.25, -0.2) is 4.39 Å². The molecule has 0 atom stereocenters. The van der Waals surface area contributed by atoms with Gasteiger partial charge in [-0.05, 0) is 0 Å². The van der Waals surface area contributed by atoms with Gasteiger partial charge in [0.05, 0.1) is 0 Å². The molecule has 0 aromatic rings. The molecule has 7 heavy (non-hydrogen) atoms. The lowest BCUT2D eigenvalue weighted by Gasteiger charge is -2.33. The topological polar surface area (TPSA) is 40.5 Å². The second kappa shape index (κ2) is 1.17.